The van der Waals surface area contributed by atoms with Gasteiger partial charge in [0.15, 0.2) is 0 Å². The highest BCUT2D eigenvalue weighted by molar-refractivity contribution is 7.99. The summed E-state index contributed by atoms with van der Waals surface area (Å²) in [5.74, 6) is 2.73. The standard InChI is InChI=1S/C42H32N4O2S2/c1-47-33-19-15-29(16-20-33)35-25-39(31-11-5-3-6-12-31)45-41(37(35)27-43)49-23-9-10-24-50-42-38(28-44)36(30-17-21-34(48-2)22-18-30)26-40(46-42)32-13-7-4-8-14-32/h3-22,25-26H,23-24H2,1-2H3/b10-9+. The number of methoxy groups -OCH3 is 2. The molecule has 0 saturated heterocycles. The van der Waals surface area contributed by atoms with Gasteiger partial charge in [-0.3, -0.25) is 0 Å². The van der Waals surface area contributed by atoms with E-state index in [9.17, 15) is 10.5 Å². The zero-order valence-corrected chi connectivity index (χ0v) is 29.2. The lowest BCUT2D eigenvalue weighted by Gasteiger charge is -2.13. The van der Waals surface area contributed by atoms with Gasteiger partial charge in [-0.2, -0.15) is 10.5 Å². The number of rotatable bonds is 12. The predicted molar refractivity (Wildman–Crippen MR) is 203 cm³/mol. The Hall–Kier alpha value is -5.80. The van der Waals surface area contributed by atoms with E-state index in [-0.39, 0.29) is 0 Å². The molecule has 0 amide bonds. The van der Waals surface area contributed by atoms with Crippen LogP contribution in [0.2, 0.25) is 0 Å². The van der Waals surface area contributed by atoms with Crippen LogP contribution in [0, 0.1) is 22.7 Å². The Bertz CT molecular complexity index is 2030. The number of thioether (sulfide) groups is 2. The van der Waals surface area contributed by atoms with Gasteiger partial charge in [0.1, 0.15) is 33.7 Å². The second-order valence-electron chi connectivity index (χ2n) is 11.0. The van der Waals surface area contributed by atoms with Gasteiger partial charge in [0.2, 0.25) is 0 Å². The van der Waals surface area contributed by atoms with Crippen LogP contribution in [0.15, 0.2) is 144 Å². The van der Waals surface area contributed by atoms with Crippen LogP contribution in [0.4, 0.5) is 0 Å². The third-order valence-electron chi connectivity index (χ3n) is 7.94. The first kappa shape index (κ1) is 34.1. The van der Waals surface area contributed by atoms with Gasteiger partial charge in [-0.1, -0.05) is 97.1 Å². The average Bonchev–Trinajstić information content (AvgIpc) is 3.19. The van der Waals surface area contributed by atoms with Gasteiger partial charge in [-0.25, -0.2) is 9.97 Å². The van der Waals surface area contributed by atoms with E-state index in [4.69, 9.17) is 19.4 Å². The predicted octanol–water partition coefficient (Wildman–Crippen LogP) is 10.3. The zero-order valence-electron chi connectivity index (χ0n) is 27.5. The first-order valence-corrected chi connectivity index (χ1v) is 17.8. The van der Waals surface area contributed by atoms with E-state index < -0.39 is 0 Å². The fourth-order valence-electron chi connectivity index (χ4n) is 5.37. The number of nitriles is 2. The molecule has 0 spiro atoms. The number of nitrogens with zero attached hydrogens (tertiary/aromatic N) is 4. The fourth-order valence-corrected chi connectivity index (χ4v) is 7.07. The van der Waals surface area contributed by atoms with E-state index in [1.807, 2.05) is 121 Å². The molecule has 2 heterocycles. The smallest absolute Gasteiger partial charge is 0.118 e. The maximum absolute atomic E-state index is 10.3. The Morgan fingerprint density at radius 2 is 0.920 bits per heavy atom. The molecule has 0 unspecified atom stereocenters. The molecule has 8 heteroatoms. The minimum Gasteiger partial charge on any atom is -0.497 e. The number of ether oxygens (including phenoxy) is 2. The molecule has 0 radical (unpaired) electrons. The first-order valence-electron chi connectivity index (χ1n) is 15.8. The lowest BCUT2D eigenvalue weighted by Crippen LogP contribution is -1.97. The molecular formula is C42H32N4O2S2. The van der Waals surface area contributed by atoms with Crippen LogP contribution in [0.5, 0.6) is 11.5 Å². The topological polar surface area (TPSA) is 91.8 Å². The highest BCUT2D eigenvalue weighted by atomic mass is 32.2. The van der Waals surface area contributed by atoms with E-state index in [0.29, 0.717) is 32.7 Å². The van der Waals surface area contributed by atoms with Crippen LogP contribution in [0.1, 0.15) is 11.1 Å². The fraction of sp³-hybridized carbons (Fsp3) is 0.0952. The first-order chi connectivity index (χ1) is 24.6. The van der Waals surface area contributed by atoms with Crippen molar-refractivity contribution in [3.63, 3.8) is 0 Å². The molecule has 0 aliphatic rings. The van der Waals surface area contributed by atoms with Gasteiger partial charge in [-0.05, 0) is 47.5 Å². The molecule has 0 N–H and O–H groups in total. The number of pyridine rings is 2. The summed E-state index contributed by atoms with van der Waals surface area (Å²) in [6.45, 7) is 0. The average molecular weight is 689 g/mol. The Labute approximate surface area is 301 Å². The summed E-state index contributed by atoms with van der Waals surface area (Å²) in [7, 11) is 3.27. The van der Waals surface area contributed by atoms with Crippen molar-refractivity contribution < 1.29 is 9.47 Å². The molecule has 2 aromatic heterocycles. The van der Waals surface area contributed by atoms with E-state index in [1.165, 1.54) is 23.5 Å². The van der Waals surface area contributed by atoms with Gasteiger partial charge in [0.25, 0.3) is 0 Å². The molecule has 0 bridgehead atoms. The number of benzene rings is 4. The summed E-state index contributed by atoms with van der Waals surface area (Å²) in [5.41, 5.74) is 8.13. The van der Waals surface area contributed by atoms with Gasteiger partial charge >= 0.3 is 0 Å². The minimum atomic E-state index is 0.536. The highest BCUT2D eigenvalue weighted by Crippen LogP contribution is 2.37. The van der Waals surface area contributed by atoms with E-state index in [0.717, 1.165) is 56.3 Å². The van der Waals surface area contributed by atoms with Gasteiger partial charge in [0.05, 0.1) is 36.7 Å². The largest absolute Gasteiger partial charge is 0.497 e. The van der Waals surface area contributed by atoms with Gasteiger partial charge in [-0.15, -0.1) is 23.5 Å². The van der Waals surface area contributed by atoms with E-state index in [1.54, 1.807) is 14.2 Å². The molecule has 6 aromatic rings. The van der Waals surface area contributed by atoms with E-state index >= 15 is 0 Å². The SMILES string of the molecule is COc1ccc(-c2cc(-c3ccccc3)nc(SC/C=C/CSc3nc(-c4ccccc4)cc(-c4ccc(OC)cc4)c3C#N)c2C#N)cc1. The summed E-state index contributed by atoms with van der Waals surface area (Å²) >= 11 is 3.04. The number of hydrogen-bond donors (Lipinski definition) is 0. The third-order valence-corrected chi connectivity index (χ3v) is 9.79. The van der Waals surface area contributed by atoms with Crippen molar-refractivity contribution in [3.8, 4) is 68.4 Å². The summed E-state index contributed by atoms with van der Waals surface area (Å²) in [4.78, 5) is 9.86. The molecular weight excluding hydrogens is 657 g/mol. The van der Waals surface area contributed by atoms with Crippen molar-refractivity contribution in [3.05, 3.63) is 145 Å². The number of hydrogen-bond acceptors (Lipinski definition) is 8. The second-order valence-corrected chi connectivity index (χ2v) is 13.0. The van der Waals surface area contributed by atoms with Crippen LogP contribution in [0.3, 0.4) is 0 Å². The van der Waals surface area contributed by atoms with Crippen LogP contribution in [-0.2, 0) is 0 Å². The molecule has 4 aromatic carbocycles. The molecule has 244 valence electrons. The maximum atomic E-state index is 10.3. The van der Waals surface area contributed by atoms with Crippen molar-refractivity contribution in [2.75, 3.05) is 25.7 Å². The van der Waals surface area contributed by atoms with Crippen LogP contribution < -0.4 is 9.47 Å². The normalized spacial score (nSPS) is 10.8. The zero-order chi connectivity index (χ0) is 34.7. The second kappa shape index (κ2) is 16.5. The van der Waals surface area contributed by atoms with E-state index in [2.05, 4.69) is 24.3 Å². The molecule has 0 fully saturated rings. The molecule has 0 saturated carbocycles. The third kappa shape index (κ3) is 7.90. The summed E-state index contributed by atoms with van der Waals surface area (Å²) in [6, 6.07) is 44.2. The lowest BCUT2D eigenvalue weighted by molar-refractivity contribution is 0.415. The Balaban J connectivity index is 1.24. The van der Waals surface area contributed by atoms with Crippen molar-refractivity contribution in [2.24, 2.45) is 0 Å². The Morgan fingerprint density at radius 3 is 1.26 bits per heavy atom. The van der Waals surface area contributed by atoms with Gasteiger partial charge in [0, 0.05) is 33.8 Å². The highest BCUT2D eigenvalue weighted by Gasteiger charge is 2.17. The Kier molecular flexibility index (Phi) is 11.3. The molecule has 0 atom stereocenters. The van der Waals surface area contributed by atoms with Crippen LogP contribution >= 0.6 is 23.5 Å². The van der Waals surface area contributed by atoms with Crippen molar-refractivity contribution in [1.82, 2.24) is 9.97 Å². The summed E-state index contributed by atoms with van der Waals surface area (Å²) in [6.07, 6.45) is 4.14. The minimum absolute atomic E-state index is 0.536. The van der Waals surface area contributed by atoms with Crippen LogP contribution in [0.25, 0.3) is 44.8 Å². The van der Waals surface area contributed by atoms with Crippen molar-refractivity contribution in [2.45, 2.75) is 10.1 Å². The Morgan fingerprint density at radius 1 is 0.540 bits per heavy atom. The number of aromatic nitrogens is 2. The van der Waals surface area contributed by atoms with Crippen LogP contribution in [-0.4, -0.2) is 35.7 Å². The molecule has 6 nitrogen and oxygen atoms in total. The summed E-state index contributed by atoms with van der Waals surface area (Å²) in [5, 5.41) is 21.9. The quantitative estimate of drug-likeness (QED) is 0.0927. The monoisotopic (exact) mass is 688 g/mol. The summed E-state index contributed by atoms with van der Waals surface area (Å²) < 4.78 is 10.7. The van der Waals surface area contributed by atoms with Crippen molar-refractivity contribution >= 4 is 23.5 Å². The molecule has 0 aliphatic carbocycles. The maximum Gasteiger partial charge on any atom is 0.118 e. The molecule has 50 heavy (non-hydrogen) atoms. The lowest BCUT2D eigenvalue weighted by atomic mass is 9.99. The molecule has 0 aliphatic heterocycles. The van der Waals surface area contributed by atoms with Gasteiger partial charge < -0.3 is 9.47 Å². The molecule has 6 rings (SSSR count). The van der Waals surface area contributed by atoms with Crippen molar-refractivity contribution in [1.29, 1.82) is 10.5 Å².